The van der Waals surface area contributed by atoms with Crippen LogP contribution in [-0.2, 0) is 14.4 Å². The highest BCUT2D eigenvalue weighted by Crippen LogP contribution is 2.73. The van der Waals surface area contributed by atoms with E-state index in [0.717, 1.165) is 37.7 Å². The van der Waals surface area contributed by atoms with E-state index in [4.69, 9.17) is 0 Å². The van der Waals surface area contributed by atoms with Crippen LogP contribution in [0.3, 0.4) is 0 Å². The lowest BCUT2D eigenvalue weighted by Gasteiger charge is -2.69. The summed E-state index contributed by atoms with van der Waals surface area (Å²) >= 11 is 0. The van der Waals surface area contributed by atoms with E-state index in [1.165, 1.54) is 0 Å². The number of carbonyl (C=O) groups is 3. The highest BCUT2D eigenvalue weighted by Gasteiger charge is 2.71. The topological polar surface area (TPSA) is 71.4 Å². The van der Waals surface area contributed by atoms with Crippen LogP contribution in [0.5, 0.6) is 0 Å². The van der Waals surface area contributed by atoms with Crippen LogP contribution >= 0.6 is 0 Å². The van der Waals surface area contributed by atoms with Crippen molar-refractivity contribution in [3.8, 4) is 0 Å². The molecule has 0 aliphatic heterocycles. The molecule has 4 saturated carbocycles. The first-order valence-electron chi connectivity index (χ1n) is 13.1. The Morgan fingerprint density at radius 2 is 1.55 bits per heavy atom. The Bertz CT molecular complexity index is 988. The van der Waals surface area contributed by atoms with Gasteiger partial charge in [0.2, 0.25) is 0 Å². The van der Waals surface area contributed by atoms with Crippen LogP contribution in [0, 0.1) is 44.8 Å². The summed E-state index contributed by atoms with van der Waals surface area (Å²) in [5.74, 6) is 0.175. The number of hydrogen-bond acceptors (Lipinski definition) is 4. The SMILES string of the molecule is CC1(C)CC[C@]2(O)C(=O)C[C@]3(C)C(=CC(=O)[C@@H]4[C@@]5(C)CCC(=O)C(C)(C)[C@@H]5CC[C@]43C)[C@@H]2C1. The van der Waals surface area contributed by atoms with Gasteiger partial charge in [-0.05, 0) is 66.8 Å². The molecular formula is C29H42O4. The molecule has 0 radical (unpaired) electrons. The number of aliphatic hydroxyl groups is 1. The summed E-state index contributed by atoms with van der Waals surface area (Å²) in [7, 11) is 0. The van der Waals surface area contributed by atoms with Crippen LogP contribution in [0.4, 0.5) is 0 Å². The van der Waals surface area contributed by atoms with Crippen LogP contribution in [-0.4, -0.2) is 28.1 Å². The third kappa shape index (κ3) is 2.71. The third-order valence-electron chi connectivity index (χ3n) is 11.9. The predicted molar refractivity (Wildman–Crippen MR) is 127 cm³/mol. The average Bonchev–Trinajstić information content (AvgIpc) is 2.69. The molecule has 0 heterocycles. The molecule has 1 N–H and O–H groups in total. The van der Waals surface area contributed by atoms with Gasteiger partial charge in [-0.25, -0.2) is 0 Å². The van der Waals surface area contributed by atoms with E-state index < -0.39 is 16.4 Å². The fourth-order valence-electron chi connectivity index (χ4n) is 9.70. The lowest BCUT2D eigenvalue weighted by Crippen LogP contribution is -2.68. The standard InChI is InChI=1S/C29H42O4/c1-24(2)12-13-29(33)18(15-24)17-14-19(30)23-26(5)10-9-21(31)25(3,4)20(26)8-11-27(23,6)28(17,7)16-22(29)32/h14,18,20,23,33H,8-13,15-16H2,1-7H3/t18-,20-,23+,26-,27+,28+,29+/m0/s1. The zero-order valence-corrected chi connectivity index (χ0v) is 21.6. The molecule has 0 unspecified atom stereocenters. The number of allylic oxidation sites excluding steroid dienone is 1. The largest absolute Gasteiger partial charge is 0.381 e. The Kier molecular flexibility index (Phi) is 4.60. The minimum absolute atomic E-state index is 0.0246. The first kappa shape index (κ1) is 23.5. The highest BCUT2D eigenvalue weighted by molar-refractivity contribution is 5.99. The van der Waals surface area contributed by atoms with E-state index in [1.54, 1.807) is 0 Å². The predicted octanol–water partition coefficient (Wildman–Crippen LogP) is 5.46. The molecular weight excluding hydrogens is 412 g/mol. The second kappa shape index (κ2) is 6.47. The van der Waals surface area contributed by atoms with E-state index in [2.05, 4.69) is 48.5 Å². The van der Waals surface area contributed by atoms with Crippen LogP contribution < -0.4 is 0 Å². The van der Waals surface area contributed by atoms with E-state index in [-0.39, 0.29) is 45.6 Å². The van der Waals surface area contributed by atoms with Gasteiger partial charge in [-0.2, -0.15) is 0 Å². The van der Waals surface area contributed by atoms with Gasteiger partial charge in [0.05, 0.1) is 0 Å². The van der Waals surface area contributed by atoms with Gasteiger partial charge >= 0.3 is 0 Å². The zero-order chi connectivity index (χ0) is 24.4. The summed E-state index contributed by atoms with van der Waals surface area (Å²) < 4.78 is 0. The summed E-state index contributed by atoms with van der Waals surface area (Å²) in [5, 5.41) is 11.6. The van der Waals surface area contributed by atoms with Crippen LogP contribution in [0.15, 0.2) is 11.6 Å². The van der Waals surface area contributed by atoms with Crippen molar-refractivity contribution in [2.24, 2.45) is 44.8 Å². The fraction of sp³-hybridized carbons (Fsp3) is 0.828. The summed E-state index contributed by atoms with van der Waals surface area (Å²) in [4.78, 5) is 40.6. The molecule has 0 aromatic carbocycles. The summed E-state index contributed by atoms with van der Waals surface area (Å²) in [6, 6.07) is 0. The maximum Gasteiger partial charge on any atom is 0.165 e. The second-order valence-corrected chi connectivity index (χ2v) is 14.4. The lowest BCUT2D eigenvalue weighted by atomic mass is 9.34. The Morgan fingerprint density at radius 3 is 2.21 bits per heavy atom. The van der Waals surface area contributed by atoms with Crippen LogP contribution in [0.1, 0.15) is 99.8 Å². The van der Waals surface area contributed by atoms with Gasteiger partial charge in [0.25, 0.3) is 0 Å². The van der Waals surface area contributed by atoms with Crippen molar-refractivity contribution in [2.45, 2.75) is 105 Å². The minimum Gasteiger partial charge on any atom is -0.381 e. The molecule has 0 aromatic heterocycles. The van der Waals surface area contributed by atoms with E-state index in [0.29, 0.717) is 25.0 Å². The Labute approximate surface area is 199 Å². The summed E-state index contributed by atoms with van der Waals surface area (Å²) in [6.07, 6.45) is 7.27. The normalized spacial score (nSPS) is 50.5. The van der Waals surface area contributed by atoms with Gasteiger partial charge < -0.3 is 5.11 Å². The van der Waals surface area contributed by atoms with E-state index in [1.807, 2.05) is 6.08 Å². The number of carbonyl (C=O) groups excluding carboxylic acids is 3. The molecule has 4 heteroatoms. The first-order chi connectivity index (χ1) is 15.0. The number of rotatable bonds is 0. The summed E-state index contributed by atoms with van der Waals surface area (Å²) in [6.45, 7) is 15.3. The van der Waals surface area contributed by atoms with Crippen molar-refractivity contribution >= 4 is 17.3 Å². The number of ketones is 3. The molecule has 0 amide bonds. The van der Waals surface area contributed by atoms with Gasteiger partial charge in [0, 0.05) is 35.5 Å². The van der Waals surface area contributed by atoms with Crippen molar-refractivity contribution in [3.63, 3.8) is 0 Å². The van der Waals surface area contributed by atoms with Gasteiger partial charge in [-0.3, -0.25) is 14.4 Å². The smallest absolute Gasteiger partial charge is 0.165 e. The molecule has 5 aliphatic rings. The van der Waals surface area contributed by atoms with Gasteiger partial charge in [-0.15, -0.1) is 0 Å². The maximum atomic E-state index is 14.1. The zero-order valence-electron chi connectivity index (χ0n) is 21.6. The molecule has 5 aliphatic carbocycles. The number of fused-ring (bicyclic) bond motifs is 7. The molecule has 4 nitrogen and oxygen atoms in total. The summed E-state index contributed by atoms with van der Waals surface area (Å²) in [5.41, 5.74) is -1.72. The molecule has 4 fully saturated rings. The van der Waals surface area contributed by atoms with Crippen LogP contribution in [0.25, 0.3) is 0 Å². The molecule has 33 heavy (non-hydrogen) atoms. The average molecular weight is 455 g/mol. The van der Waals surface area contributed by atoms with Crippen LogP contribution in [0.2, 0.25) is 0 Å². The Morgan fingerprint density at radius 1 is 0.879 bits per heavy atom. The van der Waals surface area contributed by atoms with Crippen molar-refractivity contribution in [1.82, 2.24) is 0 Å². The molecule has 0 aromatic rings. The van der Waals surface area contributed by atoms with Gasteiger partial charge in [-0.1, -0.05) is 54.0 Å². The lowest BCUT2D eigenvalue weighted by molar-refractivity contribution is -0.194. The quantitative estimate of drug-likeness (QED) is 0.528. The van der Waals surface area contributed by atoms with Crippen molar-refractivity contribution < 1.29 is 19.5 Å². The molecule has 182 valence electrons. The third-order valence-corrected chi connectivity index (χ3v) is 11.9. The molecule has 5 rings (SSSR count). The van der Waals surface area contributed by atoms with E-state index >= 15 is 0 Å². The first-order valence-corrected chi connectivity index (χ1v) is 13.1. The number of hydrogen-bond donors (Lipinski definition) is 1. The molecule has 0 bridgehead atoms. The monoisotopic (exact) mass is 454 g/mol. The number of Topliss-reactive ketones (excluding diaryl/α,β-unsaturated/α-hetero) is 2. The fourth-order valence-corrected chi connectivity index (χ4v) is 9.70. The molecule has 0 spiro atoms. The Hall–Kier alpha value is -1.29. The second-order valence-electron chi connectivity index (χ2n) is 14.4. The highest BCUT2D eigenvalue weighted by atomic mass is 16.3. The minimum atomic E-state index is -1.33. The molecule has 0 saturated heterocycles. The molecule has 7 atom stereocenters. The van der Waals surface area contributed by atoms with Gasteiger partial charge in [0.15, 0.2) is 11.6 Å². The van der Waals surface area contributed by atoms with Crippen molar-refractivity contribution in [1.29, 1.82) is 0 Å². The van der Waals surface area contributed by atoms with Crippen molar-refractivity contribution in [3.05, 3.63) is 11.6 Å². The maximum absolute atomic E-state index is 14.1. The van der Waals surface area contributed by atoms with E-state index in [9.17, 15) is 19.5 Å². The van der Waals surface area contributed by atoms with Gasteiger partial charge in [0.1, 0.15) is 11.4 Å². The van der Waals surface area contributed by atoms with Crippen molar-refractivity contribution in [2.75, 3.05) is 0 Å². The Balaban J connectivity index is 1.67.